The van der Waals surface area contributed by atoms with E-state index in [2.05, 4.69) is 22.4 Å². The van der Waals surface area contributed by atoms with Crippen molar-refractivity contribution in [2.45, 2.75) is 26.8 Å². The SMILES string of the molecule is CCN(CC(=O)NC(C)C)c1ncc(-c2ccccc2)s1. The molecule has 1 aromatic carbocycles. The van der Waals surface area contributed by atoms with Crippen LogP contribution in [0.2, 0.25) is 0 Å². The largest absolute Gasteiger partial charge is 0.352 e. The van der Waals surface area contributed by atoms with Crippen LogP contribution in [0.15, 0.2) is 36.5 Å². The van der Waals surface area contributed by atoms with E-state index in [1.807, 2.05) is 50.1 Å². The fraction of sp³-hybridized carbons (Fsp3) is 0.375. The van der Waals surface area contributed by atoms with Crippen LogP contribution >= 0.6 is 11.3 Å². The van der Waals surface area contributed by atoms with Gasteiger partial charge in [-0.2, -0.15) is 0 Å². The van der Waals surface area contributed by atoms with E-state index in [9.17, 15) is 4.79 Å². The molecule has 1 heterocycles. The van der Waals surface area contributed by atoms with Crippen LogP contribution in [0.3, 0.4) is 0 Å². The molecule has 0 atom stereocenters. The molecule has 0 spiro atoms. The number of aromatic nitrogens is 1. The number of nitrogens with one attached hydrogen (secondary N) is 1. The second-order valence-electron chi connectivity index (χ2n) is 5.11. The van der Waals surface area contributed by atoms with E-state index in [0.29, 0.717) is 6.54 Å². The van der Waals surface area contributed by atoms with Gasteiger partial charge in [0.1, 0.15) is 0 Å². The second kappa shape index (κ2) is 7.22. The smallest absolute Gasteiger partial charge is 0.239 e. The van der Waals surface area contributed by atoms with Gasteiger partial charge in [0.15, 0.2) is 5.13 Å². The third-order valence-electron chi connectivity index (χ3n) is 2.99. The highest BCUT2D eigenvalue weighted by Crippen LogP contribution is 2.30. The third kappa shape index (κ3) is 4.29. The zero-order chi connectivity index (χ0) is 15.2. The van der Waals surface area contributed by atoms with Gasteiger partial charge in [0.2, 0.25) is 5.91 Å². The lowest BCUT2D eigenvalue weighted by atomic mass is 10.2. The first-order valence-electron chi connectivity index (χ1n) is 7.15. The van der Waals surface area contributed by atoms with Gasteiger partial charge in [0.25, 0.3) is 0 Å². The number of hydrogen-bond acceptors (Lipinski definition) is 4. The zero-order valence-electron chi connectivity index (χ0n) is 12.7. The number of benzene rings is 1. The molecule has 2 rings (SSSR count). The second-order valence-corrected chi connectivity index (χ2v) is 6.12. The molecule has 0 radical (unpaired) electrons. The van der Waals surface area contributed by atoms with Gasteiger partial charge in [0.05, 0.1) is 11.4 Å². The Kier molecular flexibility index (Phi) is 5.33. The summed E-state index contributed by atoms with van der Waals surface area (Å²) in [5.74, 6) is 0.0308. The molecule has 0 saturated carbocycles. The van der Waals surface area contributed by atoms with Crippen molar-refractivity contribution < 1.29 is 4.79 Å². The van der Waals surface area contributed by atoms with E-state index in [1.165, 1.54) is 0 Å². The monoisotopic (exact) mass is 303 g/mol. The van der Waals surface area contributed by atoms with E-state index in [1.54, 1.807) is 11.3 Å². The zero-order valence-corrected chi connectivity index (χ0v) is 13.5. The summed E-state index contributed by atoms with van der Waals surface area (Å²) in [4.78, 5) is 19.5. The predicted molar refractivity (Wildman–Crippen MR) is 88.7 cm³/mol. The minimum atomic E-state index is 0.0308. The summed E-state index contributed by atoms with van der Waals surface area (Å²) in [5.41, 5.74) is 1.16. The predicted octanol–water partition coefficient (Wildman–Crippen LogP) is 3.16. The summed E-state index contributed by atoms with van der Waals surface area (Å²) in [5, 5.41) is 3.80. The summed E-state index contributed by atoms with van der Waals surface area (Å²) in [6, 6.07) is 10.3. The third-order valence-corrected chi connectivity index (χ3v) is 4.10. The number of hydrogen-bond donors (Lipinski definition) is 1. The molecule has 0 saturated heterocycles. The van der Waals surface area contributed by atoms with Crippen molar-refractivity contribution in [3.05, 3.63) is 36.5 Å². The van der Waals surface area contributed by atoms with Crippen molar-refractivity contribution in [2.24, 2.45) is 0 Å². The highest BCUT2D eigenvalue weighted by Gasteiger charge is 2.14. The van der Waals surface area contributed by atoms with Crippen LogP contribution in [0.4, 0.5) is 5.13 Å². The average molecular weight is 303 g/mol. The van der Waals surface area contributed by atoms with Gasteiger partial charge in [-0.15, -0.1) is 0 Å². The molecule has 0 bridgehead atoms. The van der Waals surface area contributed by atoms with E-state index < -0.39 is 0 Å². The van der Waals surface area contributed by atoms with Crippen LogP contribution in [-0.2, 0) is 4.79 Å². The Morgan fingerprint density at radius 2 is 2.05 bits per heavy atom. The molecule has 4 nitrogen and oxygen atoms in total. The minimum absolute atomic E-state index is 0.0308. The van der Waals surface area contributed by atoms with Crippen LogP contribution in [0.1, 0.15) is 20.8 Å². The minimum Gasteiger partial charge on any atom is -0.352 e. The molecule has 0 aliphatic carbocycles. The van der Waals surface area contributed by atoms with Crippen molar-refractivity contribution in [1.82, 2.24) is 10.3 Å². The maximum absolute atomic E-state index is 11.9. The van der Waals surface area contributed by atoms with Crippen molar-refractivity contribution in [3.8, 4) is 10.4 Å². The van der Waals surface area contributed by atoms with Crippen LogP contribution in [-0.4, -0.2) is 30.0 Å². The standard InChI is InChI=1S/C16H21N3OS/c1-4-19(11-15(20)18-12(2)3)16-17-10-14(21-16)13-8-6-5-7-9-13/h5-10,12H,4,11H2,1-3H3,(H,18,20). The summed E-state index contributed by atoms with van der Waals surface area (Å²) >= 11 is 1.61. The molecule has 0 aliphatic heterocycles. The Balaban J connectivity index is 2.09. The Morgan fingerprint density at radius 1 is 1.33 bits per heavy atom. The molecule has 1 N–H and O–H groups in total. The molecular weight excluding hydrogens is 282 g/mol. The molecule has 5 heteroatoms. The summed E-state index contributed by atoms with van der Waals surface area (Å²) in [7, 11) is 0. The Bertz CT molecular complexity index is 580. The van der Waals surface area contributed by atoms with Crippen LogP contribution in [0.25, 0.3) is 10.4 Å². The topological polar surface area (TPSA) is 45.2 Å². The number of nitrogens with zero attached hydrogens (tertiary/aromatic N) is 2. The summed E-state index contributed by atoms with van der Waals surface area (Å²) in [6.45, 7) is 7.06. The fourth-order valence-corrected chi connectivity index (χ4v) is 2.99. The van der Waals surface area contributed by atoms with Gasteiger partial charge in [-0.25, -0.2) is 4.98 Å². The molecule has 0 aliphatic rings. The van der Waals surface area contributed by atoms with Crippen molar-refractivity contribution in [2.75, 3.05) is 18.0 Å². The van der Waals surface area contributed by atoms with Crippen LogP contribution in [0.5, 0.6) is 0 Å². The molecule has 112 valence electrons. The first kappa shape index (κ1) is 15.5. The maximum Gasteiger partial charge on any atom is 0.239 e. The highest BCUT2D eigenvalue weighted by molar-refractivity contribution is 7.18. The van der Waals surface area contributed by atoms with Gasteiger partial charge >= 0.3 is 0 Å². The molecule has 0 unspecified atom stereocenters. The van der Waals surface area contributed by atoms with Crippen LogP contribution < -0.4 is 10.2 Å². The lowest BCUT2D eigenvalue weighted by molar-refractivity contribution is -0.120. The Morgan fingerprint density at radius 3 is 2.67 bits per heavy atom. The average Bonchev–Trinajstić information content (AvgIpc) is 2.94. The number of rotatable bonds is 6. The molecular formula is C16H21N3OS. The fourth-order valence-electron chi connectivity index (χ4n) is 2.00. The van der Waals surface area contributed by atoms with E-state index >= 15 is 0 Å². The first-order valence-corrected chi connectivity index (χ1v) is 7.97. The van der Waals surface area contributed by atoms with Crippen LogP contribution in [0, 0.1) is 0 Å². The number of carbonyl (C=O) groups is 1. The molecule has 0 fully saturated rings. The number of thiazole rings is 1. The highest BCUT2D eigenvalue weighted by atomic mass is 32.1. The molecule has 21 heavy (non-hydrogen) atoms. The van der Waals surface area contributed by atoms with Gasteiger partial charge < -0.3 is 10.2 Å². The van der Waals surface area contributed by atoms with Gasteiger partial charge in [-0.05, 0) is 26.3 Å². The molecule has 1 amide bonds. The van der Waals surface area contributed by atoms with Gasteiger partial charge in [-0.1, -0.05) is 41.7 Å². The lowest BCUT2D eigenvalue weighted by Gasteiger charge is -2.19. The normalized spacial score (nSPS) is 10.7. The quantitative estimate of drug-likeness (QED) is 0.891. The number of likely N-dealkylation sites (N-methyl/N-ethyl adjacent to an activating group) is 1. The Hall–Kier alpha value is -1.88. The number of amides is 1. The number of carbonyl (C=O) groups excluding carboxylic acids is 1. The maximum atomic E-state index is 11.9. The van der Waals surface area contributed by atoms with Gasteiger partial charge in [-0.3, -0.25) is 4.79 Å². The van der Waals surface area contributed by atoms with Crippen molar-refractivity contribution >= 4 is 22.4 Å². The van der Waals surface area contributed by atoms with E-state index in [4.69, 9.17) is 0 Å². The van der Waals surface area contributed by atoms with Crippen molar-refractivity contribution in [3.63, 3.8) is 0 Å². The van der Waals surface area contributed by atoms with Crippen molar-refractivity contribution in [1.29, 1.82) is 0 Å². The van der Waals surface area contributed by atoms with E-state index in [0.717, 1.165) is 22.1 Å². The van der Waals surface area contributed by atoms with E-state index in [-0.39, 0.29) is 11.9 Å². The molecule has 2 aromatic rings. The Labute approximate surface area is 129 Å². The molecule has 1 aromatic heterocycles. The number of anilines is 1. The summed E-state index contributed by atoms with van der Waals surface area (Å²) < 4.78 is 0. The summed E-state index contributed by atoms with van der Waals surface area (Å²) in [6.07, 6.45) is 1.87. The lowest BCUT2D eigenvalue weighted by Crippen LogP contribution is -2.40. The van der Waals surface area contributed by atoms with Gasteiger partial charge in [0, 0.05) is 18.8 Å². The first-order chi connectivity index (χ1) is 10.1.